The van der Waals surface area contributed by atoms with Gasteiger partial charge in [-0.05, 0) is 6.04 Å². The average Bonchev–Trinajstić information content (AvgIpc) is 1.61. The predicted molar refractivity (Wildman–Crippen MR) is 38.6 cm³/mol. The van der Waals surface area contributed by atoms with Crippen LogP contribution in [0.1, 0.15) is 13.3 Å². The fourth-order valence-corrected chi connectivity index (χ4v) is 1.63. The fraction of sp³-hybridized carbons (Fsp3) is 0.750. The molecule has 7 heavy (non-hydrogen) atoms. The van der Waals surface area contributed by atoms with E-state index in [2.05, 4.69) is 13.0 Å². The second-order valence-electron chi connectivity index (χ2n) is 1.32. The first-order chi connectivity index (χ1) is 3.27. The molecule has 0 saturated heterocycles. The molecule has 0 aliphatic rings. The van der Waals surface area contributed by atoms with E-state index in [0.29, 0.717) is 0 Å². The van der Waals surface area contributed by atoms with Crippen molar-refractivity contribution in [2.24, 2.45) is 0 Å². The third-order valence-electron chi connectivity index (χ3n) is 0.634. The van der Waals surface area contributed by atoms with Crippen LogP contribution >= 0.6 is 23.2 Å². The first-order valence-electron chi connectivity index (χ1n) is 2.37. The van der Waals surface area contributed by atoms with Crippen molar-refractivity contribution in [3.05, 3.63) is 6.04 Å². The number of hydrogen-bond acceptors (Lipinski definition) is 0. The summed E-state index contributed by atoms with van der Waals surface area (Å²) in [5.41, 5.74) is 0. The molecule has 3 heteroatoms. The van der Waals surface area contributed by atoms with E-state index in [1.54, 1.807) is 0 Å². The summed E-state index contributed by atoms with van der Waals surface area (Å²) in [5.74, 6) is 0. The van der Waals surface area contributed by atoms with Crippen LogP contribution in [0.2, 0.25) is 0 Å². The molecule has 0 aromatic heterocycles. The summed E-state index contributed by atoms with van der Waals surface area (Å²) in [5, 5.41) is 0. The zero-order chi connectivity index (χ0) is 5.70. The molecular weight excluding hydrogens is 147 g/mol. The van der Waals surface area contributed by atoms with Gasteiger partial charge in [-0.2, -0.15) is 0 Å². The predicted octanol–water partition coefficient (Wildman–Crippen LogP) is 1.49. The molecule has 0 aromatic rings. The zero-order valence-electron chi connectivity index (χ0n) is 4.32. The van der Waals surface area contributed by atoms with Crippen molar-refractivity contribution >= 4 is 32.7 Å². The fourth-order valence-electron chi connectivity index (χ4n) is 0.293. The quantitative estimate of drug-likeness (QED) is 0.429. The zero-order valence-corrected chi connectivity index (χ0v) is 7.25. The van der Waals surface area contributed by atoms with Crippen molar-refractivity contribution in [1.29, 1.82) is 0 Å². The molecule has 0 N–H and O–H groups in total. The van der Waals surface area contributed by atoms with Crippen LogP contribution in [-0.2, 0) is 0 Å². The molecule has 0 amide bonds. The van der Waals surface area contributed by atoms with Crippen LogP contribution in [-0.4, -0.2) is 14.0 Å². The first-order valence-corrected chi connectivity index (χ1v) is 4.87. The standard InChI is InChI=1S/C4H9Cl2Si/c1-2-3-7-4(5)6/h3-4H,2,7H2,1H3. The summed E-state index contributed by atoms with van der Waals surface area (Å²) in [7, 11) is -0.248. The smallest absolute Gasteiger partial charge is 0.0910 e. The van der Waals surface area contributed by atoms with E-state index in [-0.39, 0.29) is 14.0 Å². The molecule has 0 aliphatic carbocycles. The van der Waals surface area contributed by atoms with Crippen molar-refractivity contribution < 1.29 is 0 Å². The Morgan fingerprint density at radius 2 is 2.29 bits per heavy atom. The number of hydrogen-bond donors (Lipinski definition) is 0. The van der Waals surface area contributed by atoms with Crippen LogP contribution in [0, 0.1) is 6.04 Å². The van der Waals surface area contributed by atoms with E-state index >= 15 is 0 Å². The summed E-state index contributed by atoms with van der Waals surface area (Å²) in [6.45, 7) is 2.10. The molecule has 0 aliphatic heterocycles. The van der Waals surface area contributed by atoms with E-state index in [1.807, 2.05) is 0 Å². The molecular formula is C4H9Cl2Si. The minimum absolute atomic E-state index is 0.0695. The van der Waals surface area contributed by atoms with Crippen LogP contribution in [0.4, 0.5) is 0 Å². The van der Waals surface area contributed by atoms with E-state index in [1.165, 1.54) is 0 Å². The third-order valence-corrected chi connectivity index (χ3v) is 2.97. The maximum Gasteiger partial charge on any atom is 0.0910 e. The average molecular weight is 156 g/mol. The van der Waals surface area contributed by atoms with Gasteiger partial charge in [0.2, 0.25) is 0 Å². The van der Waals surface area contributed by atoms with Crippen LogP contribution in [0.25, 0.3) is 0 Å². The van der Waals surface area contributed by atoms with Crippen molar-refractivity contribution in [3.63, 3.8) is 0 Å². The van der Waals surface area contributed by atoms with Gasteiger partial charge in [0.1, 0.15) is 0 Å². The Kier molecular flexibility index (Phi) is 5.51. The lowest BCUT2D eigenvalue weighted by atomic mass is 10.6. The molecule has 0 heterocycles. The molecule has 0 fully saturated rings. The minimum atomic E-state index is -0.248. The van der Waals surface area contributed by atoms with Gasteiger partial charge in [0.25, 0.3) is 0 Å². The molecule has 0 bridgehead atoms. The highest BCUT2D eigenvalue weighted by Gasteiger charge is 1.95. The lowest BCUT2D eigenvalue weighted by Crippen LogP contribution is -2.00. The molecule has 1 radical (unpaired) electrons. The minimum Gasteiger partial charge on any atom is -0.110 e. The van der Waals surface area contributed by atoms with Crippen LogP contribution < -0.4 is 0 Å². The first kappa shape index (κ1) is 7.80. The second kappa shape index (κ2) is 4.94. The lowest BCUT2D eigenvalue weighted by molar-refractivity contribution is 1.19. The van der Waals surface area contributed by atoms with Gasteiger partial charge in [0, 0.05) is 0 Å². The summed E-state index contributed by atoms with van der Waals surface area (Å²) in [4.78, 5) is 0. The van der Waals surface area contributed by atoms with Crippen LogP contribution in [0.15, 0.2) is 0 Å². The van der Waals surface area contributed by atoms with Crippen LogP contribution in [0.3, 0.4) is 0 Å². The highest BCUT2D eigenvalue weighted by atomic mass is 35.5. The second-order valence-corrected chi connectivity index (χ2v) is 5.50. The molecule has 0 unspecified atom stereocenters. The maximum atomic E-state index is 5.45. The van der Waals surface area contributed by atoms with E-state index in [4.69, 9.17) is 23.2 Å². The van der Waals surface area contributed by atoms with E-state index in [0.717, 1.165) is 6.42 Å². The van der Waals surface area contributed by atoms with Gasteiger partial charge in [0.05, 0.1) is 14.0 Å². The van der Waals surface area contributed by atoms with Crippen molar-refractivity contribution in [1.82, 2.24) is 0 Å². The van der Waals surface area contributed by atoms with Gasteiger partial charge in [-0.3, -0.25) is 0 Å². The Bertz CT molecular complexity index is 38.7. The van der Waals surface area contributed by atoms with Gasteiger partial charge >= 0.3 is 0 Å². The van der Waals surface area contributed by atoms with Gasteiger partial charge in [-0.1, -0.05) is 13.3 Å². The van der Waals surface area contributed by atoms with E-state index < -0.39 is 0 Å². The Hall–Kier alpha value is 0.797. The Balaban J connectivity index is 2.68. The van der Waals surface area contributed by atoms with Crippen molar-refractivity contribution in [2.45, 2.75) is 17.8 Å². The number of alkyl halides is 2. The topological polar surface area (TPSA) is 0 Å². The summed E-state index contributed by atoms with van der Waals surface area (Å²) in [6.07, 6.45) is 1.11. The highest BCUT2D eigenvalue weighted by molar-refractivity contribution is 6.70. The molecule has 0 rings (SSSR count). The summed E-state index contributed by atoms with van der Waals surface area (Å²) in [6, 6.07) is 2.20. The SMILES string of the molecule is CC[CH][SiH2]C(Cl)Cl. The van der Waals surface area contributed by atoms with Gasteiger partial charge < -0.3 is 0 Å². The van der Waals surface area contributed by atoms with Gasteiger partial charge in [0.15, 0.2) is 0 Å². The Labute approximate surface area is 57.0 Å². The Morgan fingerprint density at radius 1 is 1.71 bits per heavy atom. The maximum absolute atomic E-state index is 5.45. The number of rotatable bonds is 3. The normalized spacial score (nSPS) is 12.0. The van der Waals surface area contributed by atoms with Crippen molar-refractivity contribution in [2.75, 3.05) is 0 Å². The largest absolute Gasteiger partial charge is 0.110 e. The number of halogens is 2. The van der Waals surface area contributed by atoms with Gasteiger partial charge in [-0.25, -0.2) is 0 Å². The molecule has 0 saturated carbocycles. The Morgan fingerprint density at radius 3 is 2.43 bits per heavy atom. The van der Waals surface area contributed by atoms with Crippen LogP contribution in [0.5, 0.6) is 0 Å². The molecule has 0 atom stereocenters. The molecule has 43 valence electrons. The molecule has 0 nitrogen and oxygen atoms in total. The van der Waals surface area contributed by atoms with Gasteiger partial charge in [-0.15, -0.1) is 23.2 Å². The van der Waals surface area contributed by atoms with Crippen molar-refractivity contribution in [3.8, 4) is 0 Å². The molecule has 0 spiro atoms. The van der Waals surface area contributed by atoms with E-state index in [9.17, 15) is 0 Å². The molecule has 0 aromatic carbocycles. The summed E-state index contributed by atoms with van der Waals surface area (Å²) < 4.78 is -0.0695. The monoisotopic (exact) mass is 155 g/mol. The third kappa shape index (κ3) is 6.80. The lowest BCUT2D eigenvalue weighted by Gasteiger charge is -1.92. The highest BCUT2D eigenvalue weighted by Crippen LogP contribution is 2.00. The summed E-state index contributed by atoms with van der Waals surface area (Å²) >= 11 is 10.9.